The molecule has 1 aromatic heterocycles. The number of benzene rings is 2. The molecule has 3 aromatic rings. The summed E-state index contributed by atoms with van der Waals surface area (Å²) in [5.74, 6) is 0.722. The molecule has 6 nitrogen and oxygen atoms in total. The highest BCUT2D eigenvalue weighted by Gasteiger charge is 2.24. The van der Waals surface area contributed by atoms with Crippen LogP contribution in [0.15, 0.2) is 71.6 Å². The van der Waals surface area contributed by atoms with E-state index in [1.807, 2.05) is 47.4 Å². The van der Waals surface area contributed by atoms with E-state index in [2.05, 4.69) is 28.9 Å². The number of carbonyl (C=O) groups excluding carboxylic acids is 1. The monoisotopic (exact) mass is 405 g/mol. The molecular weight excluding hydrogens is 378 g/mol. The first-order valence-corrected chi connectivity index (χ1v) is 10.3. The molecule has 1 aliphatic rings. The van der Waals surface area contributed by atoms with Crippen molar-refractivity contribution in [3.8, 4) is 11.3 Å². The van der Waals surface area contributed by atoms with E-state index in [-0.39, 0.29) is 11.9 Å². The van der Waals surface area contributed by atoms with E-state index in [0.717, 1.165) is 44.0 Å². The van der Waals surface area contributed by atoms with Crippen molar-refractivity contribution in [1.82, 2.24) is 14.8 Å². The van der Waals surface area contributed by atoms with Gasteiger partial charge >= 0.3 is 0 Å². The van der Waals surface area contributed by atoms with Gasteiger partial charge in [0.15, 0.2) is 12.2 Å². The van der Waals surface area contributed by atoms with Crippen molar-refractivity contribution in [2.45, 2.75) is 19.5 Å². The lowest BCUT2D eigenvalue weighted by Gasteiger charge is -2.35. The Morgan fingerprint density at radius 2 is 1.83 bits per heavy atom. The van der Waals surface area contributed by atoms with Crippen molar-refractivity contribution in [3.05, 3.63) is 78.3 Å². The Balaban J connectivity index is 1.53. The van der Waals surface area contributed by atoms with Gasteiger partial charge in [-0.1, -0.05) is 42.5 Å². The molecule has 1 aliphatic heterocycles. The topological polar surface area (TPSA) is 58.8 Å². The molecule has 156 valence electrons. The first-order valence-electron chi connectivity index (χ1n) is 10.3. The Labute approximate surface area is 177 Å². The summed E-state index contributed by atoms with van der Waals surface area (Å²) in [6, 6.07) is 17.7. The van der Waals surface area contributed by atoms with Crippen LogP contribution in [0.2, 0.25) is 0 Å². The van der Waals surface area contributed by atoms with Gasteiger partial charge in [0.1, 0.15) is 0 Å². The van der Waals surface area contributed by atoms with Crippen molar-refractivity contribution >= 4 is 5.91 Å². The number of rotatable bonds is 7. The molecular formula is C24H27N3O3. The van der Waals surface area contributed by atoms with Crippen LogP contribution in [0.25, 0.3) is 11.3 Å². The van der Waals surface area contributed by atoms with E-state index in [1.165, 1.54) is 6.39 Å². The number of aromatic nitrogens is 1. The van der Waals surface area contributed by atoms with Crippen molar-refractivity contribution < 1.29 is 13.9 Å². The van der Waals surface area contributed by atoms with Crippen LogP contribution in [-0.2, 0) is 11.3 Å². The fraction of sp³-hybridized carbons (Fsp3) is 0.333. The number of morpholine rings is 1. The molecule has 1 fully saturated rings. The minimum atomic E-state index is 0.0312. The minimum absolute atomic E-state index is 0.0312. The van der Waals surface area contributed by atoms with Gasteiger partial charge in [-0.2, -0.15) is 0 Å². The molecule has 0 radical (unpaired) electrons. The zero-order valence-electron chi connectivity index (χ0n) is 17.2. The predicted octanol–water partition coefficient (Wildman–Crippen LogP) is 3.70. The van der Waals surface area contributed by atoms with Crippen LogP contribution in [0.1, 0.15) is 22.8 Å². The molecule has 0 saturated carbocycles. The van der Waals surface area contributed by atoms with Crippen LogP contribution < -0.4 is 0 Å². The van der Waals surface area contributed by atoms with E-state index in [1.54, 1.807) is 6.20 Å². The van der Waals surface area contributed by atoms with Crippen LogP contribution >= 0.6 is 0 Å². The van der Waals surface area contributed by atoms with E-state index in [0.29, 0.717) is 17.9 Å². The summed E-state index contributed by atoms with van der Waals surface area (Å²) in [6.07, 6.45) is 3.08. The largest absolute Gasteiger partial charge is 0.444 e. The van der Waals surface area contributed by atoms with Crippen LogP contribution in [0.5, 0.6) is 0 Å². The van der Waals surface area contributed by atoms with Crippen LogP contribution in [0, 0.1) is 0 Å². The number of hydrogen-bond acceptors (Lipinski definition) is 5. The van der Waals surface area contributed by atoms with Gasteiger partial charge in [-0.05, 0) is 24.6 Å². The van der Waals surface area contributed by atoms with Crippen LogP contribution in [0.4, 0.5) is 0 Å². The highest BCUT2D eigenvalue weighted by atomic mass is 16.5. The Kier molecular flexibility index (Phi) is 6.57. The standard InChI is InChI=1S/C24H27N3O3/c1-19(16-26-11-13-29-14-12-26)27(17-20-5-3-2-4-6-20)24(28)22-9-7-21(8-10-22)23-15-25-18-30-23/h2-10,15,18-19H,11-14,16-17H2,1H3. The van der Waals surface area contributed by atoms with Crippen LogP contribution in [-0.4, -0.2) is 59.6 Å². The second-order valence-electron chi connectivity index (χ2n) is 7.62. The Morgan fingerprint density at radius 1 is 1.10 bits per heavy atom. The second-order valence-corrected chi connectivity index (χ2v) is 7.62. The van der Waals surface area contributed by atoms with Gasteiger partial charge in [-0.3, -0.25) is 9.69 Å². The molecule has 1 amide bonds. The normalized spacial score (nSPS) is 15.6. The number of hydrogen-bond donors (Lipinski definition) is 0. The van der Waals surface area contributed by atoms with Gasteiger partial charge in [-0.15, -0.1) is 0 Å². The fourth-order valence-corrected chi connectivity index (χ4v) is 3.77. The summed E-state index contributed by atoms with van der Waals surface area (Å²) in [7, 11) is 0. The maximum atomic E-state index is 13.5. The lowest BCUT2D eigenvalue weighted by Crippen LogP contribution is -2.47. The number of amides is 1. The molecule has 1 atom stereocenters. The maximum Gasteiger partial charge on any atom is 0.254 e. The average Bonchev–Trinajstić information content (AvgIpc) is 3.33. The molecule has 2 heterocycles. The summed E-state index contributed by atoms with van der Waals surface area (Å²) >= 11 is 0. The van der Waals surface area contributed by atoms with E-state index in [9.17, 15) is 4.79 Å². The lowest BCUT2D eigenvalue weighted by molar-refractivity contribution is 0.0228. The summed E-state index contributed by atoms with van der Waals surface area (Å²) < 4.78 is 10.8. The third-order valence-electron chi connectivity index (χ3n) is 5.46. The number of ether oxygens (including phenoxy) is 1. The molecule has 6 heteroatoms. The zero-order valence-corrected chi connectivity index (χ0v) is 17.2. The fourth-order valence-electron chi connectivity index (χ4n) is 3.77. The van der Waals surface area contributed by atoms with Crippen LogP contribution in [0.3, 0.4) is 0 Å². The zero-order chi connectivity index (χ0) is 20.8. The van der Waals surface area contributed by atoms with E-state index >= 15 is 0 Å². The van der Waals surface area contributed by atoms with Crippen molar-refractivity contribution in [1.29, 1.82) is 0 Å². The van der Waals surface area contributed by atoms with Gasteiger partial charge in [0, 0.05) is 43.3 Å². The maximum absolute atomic E-state index is 13.5. The number of oxazole rings is 1. The lowest BCUT2D eigenvalue weighted by atomic mass is 10.1. The van der Waals surface area contributed by atoms with Gasteiger partial charge in [0.05, 0.1) is 19.4 Å². The summed E-state index contributed by atoms with van der Waals surface area (Å²) in [6.45, 7) is 6.85. The summed E-state index contributed by atoms with van der Waals surface area (Å²) in [5, 5.41) is 0. The average molecular weight is 405 g/mol. The quantitative estimate of drug-likeness (QED) is 0.600. The highest BCUT2D eigenvalue weighted by Crippen LogP contribution is 2.21. The Hall–Kier alpha value is -2.96. The van der Waals surface area contributed by atoms with Gasteiger partial charge in [-0.25, -0.2) is 4.98 Å². The van der Waals surface area contributed by atoms with Crippen molar-refractivity contribution in [3.63, 3.8) is 0 Å². The molecule has 0 aliphatic carbocycles. The molecule has 4 rings (SSSR count). The van der Waals surface area contributed by atoms with E-state index < -0.39 is 0 Å². The van der Waals surface area contributed by atoms with Gasteiger partial charge in [0.25, 0.3) is 5.91 Å². The third kappa shape index (κ3) is 4.96. The van der Waals surface area contributed by atoms with Gasteiger partial charge in [0.2, 0.25) is 0 Å². The highest BCUT2D eigenvalue weighted by molar-refractivity contribution is 5.94. The first kappa shape index (κ1) is 20.3. The SMILES string of the molecule is CC(CN1CCOCC1)N(Cc1ccccc1)C(=O)c1ccc(-c2cnco2)cc1. The second kappa shape index (κ2) is 9.69. The molecule has 1 unspecified atom stereocenters. The molecule has 0 N–H and O–H groups in total. The molecule has 0 spiro atoms. The predicted molar refractivity (Wildman–Crippen MR) is 115 cm³/mol. The number of nitrogens with zero attached hydrogens (tertiary/aromatic N) is 3. The summed E-state index contributed by atoms with van der Waals surface area (Å²) in [5.41, 5.74) is 2.70. The number of carbonyl (C=O) groups is 1. The van der Waals surface area contributed by atoms with Crippen molar-refractivity contribution in [2.75, 3.05) is 32.8 Å². The molecule has 2 aromatic carbocycles. The van der Waals surface area contributed by atoms with Gasteiger partial charge < -0.3 is 14.1 Å². The van der Waals surface area contributed by atoms with Crippen molar-refractivity contribution in [2.24, 2.45) is 0 Å². The third-order valence-corrected chi connectivity index (χ3v) is 5.46. The first-order chi connectivity index (χ1) is 14.7. The minimum Gasteiger partial charge on any atom is -0.444 e. The summed E-state index contributed by atoms with van der Waals surface area (Å²) in [4.78, 5) is 21.8. The molecule has 0 bridgehead atoms. The molecule has 30 heavy (non-hydrogen) atoms. The Bertz CT molecular complexity index is 920. The Morgan fingerprint density at radius 3 is 2.50 bits per heavy atom. The van der Waals surface area contributed by atoms with E-state index in [4.69, 9.17) is 9.15 Å². The smallest absolute Gasteiger partial charge is 0.254 e. The molecule has 1 saturated heterocycles.